The number of hydrogen-bond acceptors (Lipinski definition) is 2. The Kier molecular flexibility index (Phi) is 2.81. The molecule has 0 spiro atoms. The third-order valence-corrected chi connectivity index (χ3v) is 3.27. The fourth-order valence-electron chi connectivity index (χ4n) is 2.38. The molecule has 2 rings (SSSR count). The van der Waals surface area contributed by atoms with Gasteiger partial charge in [0.2, 0.25) is 0 Å². The summed E-state index contributed by atoms with van der Waals surface area (Å²) in [5.74, 6) is -0.843. The first-order valence-corrected chi connectivity index (χ1v) is 5.47. The highest BCUT2D eigenvalue weighted by molar-refractivity contribution is 5.45. The lowest BCUT2D eigenvalue weighted by Gasteiger charge is -2.25. The molecular formula is C12H13F3O2. The normalized spacial score (nSPS) is 19.5. The van der Waals surface area contributed by atoms with E-state index in [2.05, 4.69) is 0 Å². The predicted molar refractivity (Wildman–Crippen MR) is 55.5 cm³/mol. The van der Waals surface area contributed by atoms with Gasteiger partial charge in [0.05, 0.1) is 11.2 Å². The Morgan fingerprint density at radius 1 is 1.12 bits per heavy atom. The Labute approximate surface area is 96.7 Å². The standard InChI is InChI=1S/C12H13F3O2/c13-12(14,15)9-5-3-4-8(10(9)16)11(17)6-1-2-7-11/h3-5,16-17H,1-2,6-7H2. The van der Waals surface area contributed by atoms with Crippen LogP contribution in [0.3, 0.4) is 0 Å². The minimum Gasteiger partial charge on any atom is -0.507 e. The van der Waals surface area contributed by atoms with Crippen molar-refractivity contribution < 1.29 is 23.4 Å². The largest absolute Gasteiger partial charge is 0.507 e. The molecule has 0 amide bonds. The van der Waals surface area contributed by atoms with E-state index in [0.29, 0.717) is 12.8 Å². The number of aromatic hydroxyl groups is 1. The summed E-state index contributed by atoms with van der Waals surface area (Å²) in [6.45, 7) is 0. The van der Waals surface area contributed by atoms with E-state index in [9.17, 15) is 23.4 Å². The van der Waals surface area contributed by atoms with Crippen LogP contribution >= 0.6 is 0 Å². The number of hydrogen-bond donors (Lipinski definition) is 2. The highest BCUT2D eigenvalue weighted by Gasteiger charge is 2.40. The van der Waals surface area contributed by atoms with E-state index in [0.717, 1.165) is 18.9 Å². The molecule has 1 aliphatic rings. The number of rotatable bonds is 1. The molecule has 0 unspecified atom stereocenters. The fourth-order valence-corrected chi connectivity index (χ4v) is 2.38. The zero-order valence-electron chi connectivity index (χ0n) is 9.09. The molecule has 94 valence electrons. The molecular weight excluding hydrogens is 233 g/mol. The maximum atomic E-state index is 12.6. The van der Waals surface area contributed by atoms with Gasteiger partial charge in [0, 0.05) is 5.56 Å². The van der Waals surface area contributed by atoms with Crippen LogP contribution in [0.1, 0.15) is 36.8 Å². The van der Waals surface area contributed by atoms with E-state index in [1.165, 1.54) is 12.1 Å². The first-order chi connectivity index (χ1) is 7.84. The monoisotopic (exact) mass is 246 g/mol. The Morgan fingerprint density at radius 3 is 2.24 bits per heavy atom. The van der Waals surface area contributed by atoms with Gasteiger partial charge in [0.1, 0.15) is 5.75 Å². The summed E-state index contributed by atoms with van der Waals surface area (Å²) in [7, 11) is 0. The van der Waals surface area contributed by atoms with Crippen molar-refractivity contribution in [3.8, 4) is 5.75 Å². The molecule has 5 heteroatoms. The van der Waals surface area contributed by atoms with Gasteiger partial charge in [0.25, 0.3) is 0 Å². The first kappa shape index (κ1) is 12.2. The van der Waals surface area contributed by atoms with Crippen molar-refractivity contribution in [2.45, 2.75) is 37.5 Å². The van der Waals surface area contributed by atoms with Crippen molar-refractivity contribution in [1.29, 1.82) is 0 Å². The van der Waals surface area contributed by atoms with Crippen LogP contribution in [0.4, 0.5) is 13.2 Å². The smallest absolute Gasteiger partial charge is 0.419 e. The van der Waals surface area contributed by atoms with Gasteiger partial charge in [-0.25, -0.2) is 0 Å². The number of aliphatic hydroxyl groups is 1. The molecule has 0 bridgehead atoms. The van der Waals surface area contributed by atoms with Crippen LogP contribution in [0, 0.1) is 0 Å². The second-order valence-electron chi connectivity index (χ2n) is 4.44. The van der Waals surface area contributed by atoms with Gasteiger partial charge in [-0.05, 0) is 18.9 Å². The molecule has 2 nitrogen and oxygen atoms in total. The van der Waals surface area contributed by atoms with Crippen LogP contribution in [0.2, 0.25) is 0 Å². The molecule has 0 saturated heterocycles. The topological polar surface area (TPSA) is 40.5 Å². The average Bonchev–Trinajstić information content (AvgIpc) is 2.64. The summed E-state index contributed by atoms with van der Waals surface area (Å²) < 4.78 is 37.8. The number of benzene rings is 1. The molecule has 1 aromatic rings. The Bertz CT molecular complexity index is 420. The molecule has 0 atom stereocenters. The van der Waals surface area contributed by atoms with Crippen molar-refractivity contribution in [3.63, 3.8) is 0 Å². The molecule has 2 N–H and O–H groups in total. The summed E-state index contributed by atoms with van der Waals surface area (Å²) in [5, 5.41) is 19.9. The van der Waals surface area contributed by atoms with E-state index in [1.54, 1.807) is 0 Å². The average molecular weight is 246 g/mol. The molecule has 17 heavy (non-hydrogen) atoms. The second-order valence-corrected chi connectivity index (χ2v) is 4.44. The predicted octanol–water partition coefficient (Wildman–Crippen LogP) is 3.17. The van der Waals surface area contributed by atoms with Gasteiger partial charge in [-0.15, -0.1) is 0 Å². The summed E-state index contributed by atoms with van der Waals surface area (Å²) in [4.78, 5) is 0. The SMILES string of the molecule is Oc1c(C(F)(F)F)cccc1C1(O)CCCC1. The van der Waals surface area contributed by atoms with E-state index in [-0.39, 0.29) is 5.56 Å². The van der Waals surface area contributed by atoms with Gasteiger partial charge in [-0.3, -0.25) is 0 Å². The van der Waals surface area contributed by atoms with E-state index >= 15 is 0 Å². The number of alkyl halides is 3. The van der Waals surface area contributed by atoms with Crippen molar-refractivity contribution >= 4 is 0 Å². The van der Waals surface area contributed by atoms with E-state index in [1.807, 2.05) is 0 Å². The Morgan fingerprint density at radius 2 is 1.71 bits per heavy atom. The summed E-state index contributed by atoms with van der Waals surface area (Å²) >= 11 is 0. The van der Waals surface area contributed by atoms with Crippen LogP contribution in [-0.2, 0) is 11.8 Å². The van der Waals surface area contributed by atoms with Crippen molar-refractivity contribution in [2.24, 2.45) is 0 Å². The lowest BCUT2D eigenvalue weighted by molar-refractivity contribution is -0.139. The summed E-state index contributed by atoms with van der Waals surface area (Å²) in [6.07, 6.45) is -2.31. The number of phenols is 1. The highest BCUT2D eigenvalue weighted by atomic mass is 19.4. The maximum absolute atomic E-state index is 12.6. The number of halogens is 3. The lowest BCUT2D eigenvalue weighted by Crippen LogP contribution is -2.22. The van der Waals surface area contributed by atoms with Crippen molar-refractivity contribution in [2.75, 3.05) is 0 Å². The van der Waals surface area contributed by atoms with Gasteiger partial charge >= 0.3 is 6.18 Å². The second kappa shape index (κ2) is 3.91. The van der Waals surface area contributed by atoms with Crippen molar-refractivity contribution in [1.82, 2.24) is 0 Å². The highest BCUT2D eigenvalue weighted by Crippen LogP contribution is 2.46. The lowest BCUT2D eigenvalue weighted by atomic mass is 9.90. The van der Waals surface area contributed by atoms with Gasteiger partial charge in [-0.1, -0.05) is 25.0 Å². The van der Waals surface area contributed by atoms with E-state index in [4.69, 9.17) is 0 Å². The van der Waals surface area contributed by atoms with Crippen molar-refractivity contribution in [3.05, 3.63) is 29.3 Å². The Hall–Kier alpha value is -1.23. The van der Waals surface area contributed by atoms with Gasteiger partial charge < -0.3 is 10.2 Å². The minimum absolute atomic E-state index is 0.00942. The number of phenolic OH excluding ortho intramolecular Hbond substituents is 1. The number of para-hydroxylation sites is 1. The third-order valence-electron chi connectivity index (χ3n) is 3.27. The first-order valence-electron chi connectivity index (χ1n) is 5.47. The molecule has 0 aromatic heterocycles. The molecule has 0 radical (unpaired) electrons. The van der Waals surface area contributed by atoms with Crippen LogP contribution in [-0.4, -0.2) is 10.2 Å². The molecule has 0 aliphatic heterocycles. The molecule has 1 aromatic carbocycles. The van der Waals surface area contributed by atoms with Crippen LogP contribution in [0.15, 0.2) is 18.2 Å². The molecule has 1 saturated carbocycles. The molecule has 1 aliphatic carbocycles. The summed E-state index contributed by atoms with van der Waals surface area (Å²) in [6, 6.07) is 3.39. The zero-order chi connectivity index (χ0) is 12.7. The minimum atomic E-state index is -4.60. The molecule has 0 heterocycles. The third kappa shape index (κ3) is 2.11. The van der Waals surface area contributed by atoms with E-state index < -0.39 is 23.1 Å². The van der Waals surface area contributed by atoms with Crippen LogP contribution in [0.25, 0.3) is 0 Å². The molecule has 1 fully saturated rings. The Balaban J connectivity index is 2.49. The summed E-state index contributed by atoms with van der Waals surface area (Å²) in [5.41, 5.74) is -2.41. The van der Waals surface area contributed by atoms with Crippen LogP contribution < -0.4 is 0 Å². The quantitative estimate of drug-likeness (QED) is 0.799. The fraction of sp³-hybridized carbons (Fsp3) is 0.500. The van der Waals surface area contributed by atoms with Gasteiger partial charge in [0.15, 0.2) is 0 Å². The zero-order valence-corrected chi connectivity index (χ0v) is 9.09. The van der Waals surface area contributed by atoms with Gasteiger partial charge in [-0.2, -0.15) is 13.2 Å². The maximum Gasteiger partial charge on any atom is 0.419 e. The van der Waals surface area contributed by atoms with Crippen LogP contribution in [0.5, 0.6) is 5.75 Å².